The van der Waals surface area contributed by atoms with Gasteiger partial charge in [0.2, 0.25) is 5.88 Å². The Hall–Kier alpha value is -3.29. The molecule has 4 aromatic rings. The van der Waals surface area contributed by atoms with Gasteiger partial charge in [-0.25, -0.2) is 9.67 Å². The molecule has 8 nitrogen and oxygen atoms in total. The van der Waals surface area contributed by atoms with E-state index in [1.165, 1.54) is 6.33 Å². The van der Waals surface area contributed by atoms with E-state index in [-0.39, 0.29) is 5.41 Å². The van der Waals surface area contributed by atoms with E-state index in [1.807, 2.05) is 48.0 Å². The van der Waals surface area contributed by atoms with E-state index in [2.05, 4.69) is 41.2 Å². The first-order chi connectivity index (χ1) is 13.5. The van der Waals surface area contributed by atoms with Gasteiger partial charge in [-0.15, -0.1) is 5.10 Å². The summed E-state index contributed by atoms with van der Waals surface area (Å²) < 4.78 is 9.65. The van der Waals surface area contributed by atoms with Crippen LogP contribution in [0, 0.1) is 0 Å². The molecule has 8 heteroatoms. The molecule has 3 aromatic heterocycles. The highest BCUT2D eigenvalue weighted by atomic mass is 16.5. The quantitative estimate of drug-likeness (QED) is 0.531. The van der Waals surface area contributed by atoms with Crippen molar-refractivity contribution in [1.82, 2.24) is 34.7 Å². The molecule has 144 valence electrons. The van der Waals surface area contributed by atoms with E-state index in [4.69, 9.17) is 9.72 Å². The first kappa shape index (κ1) is 18.1. The summed E-state index contributed by atoms with van der Waals surface area (Å²) in [7, 11) is 0. The highest BCUT2D eigenvalue weighted by Gasteiger charge is 2.24. The molecule has 0 saturated carbocycles. The van der Waals surface area contributed by atoms with Crippen molar-refractivity contribution in [2.75, 3.05) is 0 Å². The van der Waals surface area contributed by atoms with E-state index < -0.39 is 0 Å². The molecule has 0 unspecified atom stereocenters. The maximum absolute atomic E-state index is 6.12. The Morgan fingerprint density at radius 1 is 1.11 bits per heavy atom. The predicted octanol–water partition coefficient (Wildman–Crippen LogP) is 3.30. The Kier molecular flexibility index (Phi) is 4.54. The van der Waals surface area contributed by atoms with Crippen LogP contribution < -0.4 is 4.74 Å². The topological polar surface area (TPSA) is 83.5 Å². The zero-order valence-electron chi connectivity index (χ0n) is 16.5. The van der Waals surface area contributed by atoms with Crippen molar-refractivity contribution in [3.05, 3.63) is 54.1 Å². The van der Waals surface area contributed by atoms with Gasteiger partial charge in [-0.05, 0) is 30.5 Å². The van der Waals surface area contributed by atoms with Crippen LogP contribution in [0.5, 0.6) is 5.88 Å². The van der Waals surface area contributed by atoms with E-state index in [1.54, 1.807) is 4.68 Å². The average molecular weight is 377 g/mol. The van der Waals surface area contributed by atoms with Gasteiger partial charge < -0.3 is 4.74 Å². The largest absolute Gasteiger partial charge is 0.469 e. The Morgan fingerprint density at radius 2 is 1.89 bits per heavy atom. The smallest absolute Gasteiger partial charge is 0.219 e. The molecule has 0 aliphatic carbocycles. The standard InChI is InChI=1S/C20H23N7O/c1-5-26-17(21-13-22-26)12-28-19-15(20(2,3)4)11-16-18(23-19)27(25-24-16)14-9-7-6-8-10-14/h6-11,13H,5,12H2,1-4H3. The second-order valence-corrected chi connectivity index (χ2v) is 7.55. The van der Waals surface area contributed by atoms with Gasteiger partial charge in [0.25, 0.3) is 0 Å². The normalized spacial score (nSPS) is 11.9. The number of aryl methyl sites for hydroxylation is 1. The van der Waals surface area contributed by atoms with Crippen molar-refractivity contribution < 1.29 is 4.74 Å². The van der Waals surface area contributed by atoms with Crippen molar-refractivity contribution in [3.63, 3.8) is 0 Å². The highest BCUT2D eigenvalue weighted by molar-refractivity contribution is 5.74. The number of ether oxygens (including phenoxy) is 1. The molecule has 0 spiro atoms. The van der Waals surface area contributed by atoms with Crippen LogP contribution in [0.3, 0.4) is 0 Å². The minimum atomic E-state index is -0.161. The fourth-order valence-electron chi connectivity index (χ4n) is 3.03. The van der Waals surface area contributed by atoms with Crippen LogP contribution in [0.4, 0.5) is 0 Å². The minimum absolute atomic E-state index is 0.161. The highest BCUT2D eigenvalue weighted by Crippen LogP contribution is 2.33. The van der Waals surface area contributed by atoms with Gasteiger partial charge in [-0.1, -0.05) is 44.2 Å². The van der Waals surface area contributed by atoms with Gasteiger partial charge in [-0.2, -0.15) is 14.8 Å². The summed E-state index contributed by atoms with van der Waals surface area (Å²) in [4.78, 5) is 9.07. The number of nitrogens with zero attached hydrogens (tertiary/aromatic N) is 7. The van der Waals surface area contributed by atoms with Crippen LogP contribution in [0.25, 0.3) is 16.9 Å². The van der Waals surface area contributed by atoms with Gasteiger partial charge in [-0.3, -0.25) is 0 Å². The number of fused-ring (bicyclic) bond motifs is 1. The summed E-state index contributed by atoms with van der Waals surface area (Å²) in [5, 5.41) is 12.8. The Labute approximate surface area is 163 Å². The van der Waals surface area contributed by atoms with Crippen molar-refractivity contribution in [2.45, 2.75) is 46.3 Å². The molecule has 3 heterocycles. The molecular formula is C20H23N7O. The van der Waals surface area contributed by atoms with Crippen LogP contribution >= 0.6 is 0 Å². The number of hydrogen-bond acceptors (Lipinski definition) is 6. The lowest BCUT2D eigenvalue weighted by Gasteiger charge is -2.21. The zero-order valence-corrected chi connectivity index (χ0v) is 16.5. The maximum Gasteiger partial charge on any atom is 0.219 e. The van der Waals surface area contributed by atoms with E-state index in [0.717, 1.165) is 29.1 Å². The van der Waals surface area contributed by atoms with Gasteiger partial charge in [0, 0.05) is 12.1 Å². The number of benzene rings is 1. The monoisotopic (exact) mass is 377 g/mol. The lowest BCUT2D eigenvalue weighted by atomic mass is 9.87. The second-order valence-electron chi connectivity index (χ2n) is 7.55. The van der Waals surface area contributed by atoms with Crippen molar-refractivity contribution in [2.24, 2.45) is 0 Å². The zero-order chi connectivity index (χ0) is 19.7. The molecule has 0 bridgehead atoms. The SMILES string of the molecule is CCn1ncnc1COc1nc2c(cc1C(C)(C)C)nnn2-c1ccccc1. The van der Waals surface area contributed by atoms with E-state index in [0.29, 0.717) is 18.1 Å². The number of rotatable bonds is 5. The maximum atomic E-state index is 6.12. The third kappa shape index (κ3) is 3.33. The molecule has 28 heavy (non-hydrogen) atoms. The van der Waals surface area contributed by atoms with Crippen LogP contribution in [0.15, 0.2) is 42.7 Å². The number of pyridine rings is 1. The number of hydrogen-bond donors (Lipinski definition) is 0. The van der Waals surface area contributed by atoms with Crippen LogP contribution in [0.1, 0.15) is 39.1 Å². The summed E-state index contributed by atoms with van der Waals surface area (Å²) in [6.45, 7) is 9.42. The molecule has 0 saturated heterocycles. The summed E-state index contributed by atoms with van der Waals surface area (Å²) in [6.07, 6.45) is 1.54. The van der Waals surface area contributed by atoms with E-state index >= 15 is 0 Å². The molecule has 0 N–H and O–H groups in total. The van der Waals surface area contributed by atoms with E-state index in [9.17, 15) is 0 Å². The third-order valence-corrected chi connectivity index (χ3v) is 4.53. The molecule has 0 atom stereocenters. The molecule has 0 radical (unpaired) electrons. The summed E-state index contributed by atoms with van der Waals surface area (Å²) >= 11 is 0. The van der Waals surface area contributed by atoms with Crippen molar-refractivity contribution >= 4 is 11.2 Å². The number of aromatic nitrogens is 7. The first-order valence-corrected chi connectivity index (χ1v) is 9.29. The molecule has 0 fully saturated rings. The summed E-state index contributed by atoms with van der Waals surface area (Å²) in [5.74, 6) is 1.32. The molecule has 4 rings (SSSR count). The van der Waals surface area contributed by atoms with Gasteiger partial charge in [0.15, 0.2) is 11.5 Å². The Morgan fingerprint density at radius 3 is 2.61 bits per heavy atom. The predicted molar refractivity (Wildman–Crippen MR) is 105 cm³/mol. The lowest BCUT2D eigenvalue weighted by Crippen LogP contribution is -2.16. The lowest BCUT2D eigenvalue weighted by molar-refractivity contribution is 0.269. The minimum Gasteiger partial charge on any atom is -0.469 e. The molecular weight excluding hydrogens is 354 g/mol. The fraction of sp³-hybridized carbons (Fsp3) is 0.350. The fourth-order valence-corrected chi connectivity index (χ4v) is 3.03. The first-order valence-electron chi connectivity index (χ1n) is 9.29. The van der Waals surface area contributed by atoms with Crippen LogP contribution in [-0.4, -0.2) is 34.7 Å². The second kappa shape index (κ2) is 7.03. The average Bonchev–Trinajstić information content (AvgIpc) is 3.31. The Balaban J connectivity index is 1.78. The van der Waals surface area contributed by atoms with Gasteiger partial charge >= 0.3 is 0 Å². The molecule has 0 amide bonds. The molecule has 0 aliphatic heterocycles. The van der Waals surface area contributed by atoms with Crippen molar-refractivity contribution in [1.29, 1.82) is 0 Å². The summed E-state index contributed by atoms with van der Waals surface area (Å²) in [5.41, 5.74) is 3.11. The van der Waals surface area contributed by atoms with Crippen LogP contribution in [0.2, 0.25) is 0 Å². The van der Waals surface area contributed by atoms with Crippen molar-refractivity contribution in [3.8, 4) is 11.6 Å². The summed E-state index contributed by atoms with van der Waals surface area (Å²) in [6, 6.07) is 11.8. The Bertz CT molecular complexity index is 1090. The number of para-hydroxylation sites is 1. The van der Waals surface area contributed by atoms with Gasteiger partial charge in [0.05, 0.1) is 5.69 Å². The molecule has 0 aliphatic rings. The third-order valence-electron chi connectivity index (χ3n) is 4.53. The van der Waals surface area contributed by atoms with Crippen LogP contribution in [-0.2, 0) is 18.6 Å². The molecule has 1 aromatic carbocycles. The van der Waals surface area contributed by atoms with Gasteiger partial charge in [0.1, 0.15) is 18.5 Å².